The van der Waals surface area contributed by atoms with E-state index in [0.717, 1.165) is 36.9 Å². The van der Waals surface area contributed by atoms with Crippen LogP contribution in [-0.2, 0) is 10.2 Å². The molecule has 2 N–H and O–H groups in total. The Morgan fingerprint density at radius 2 is 1.66 bits per heavy atom. The van der Waals surface area contributed by atoms with E-state index in [1.165, 1.54) is 21.3 Å². The van der Waals surface area contributed by atoms with E-state index >= 15 is 0 Å². The maximum atomic E-state index is 12.9. The molecule has 2 amide bonds. The first-order valence-corrected chi connectivity index (χ1v) is 9.60. The number of fused-ring (bicyclic) bond motifs is 2. The molecule has 7 heteroatoms. The summed E-state index contributed by atoms with van der Waals surface area (Å²) in [4.78, 5) is 25.5. The Labute approximate surface area is 169 Å². The van der Waals surface area contributed by atoms with E-state index in [-0.39, 0.29) is 11.8 Å². The number of benzene rings is 2. The normalized spacial score (nSPS) is 16.3. The molecule has 1 saturated carbocycles. The van der Waals surface area contributed by atoms with Crippen LogP contribution >= 0.6 is 0 Å². The van der Waals surface area contributed by atoms with E-state index in [2.05, 4.69) is 10.6 Å². The lowest BCUT2D eigenvalue weighted by atomic mass is 9.80. The fraction of sp³-hybridized carbons (Fsp3) is 0.364. The second-order valence-corrected chi connectivity index (χ2v) is 7.37. The average molecular weight is 396 g/mol. The van der Waals surface area contributed by atoms with Gasteiger partial charge in [0.05, 0.1) is 26.7 Å². The van der Waals surface area contributed by atoms with Gasteiger partial charge in [-0.2, -0.15) is 0 Å². The molecule has 2 aromatic rings. The molecule has 0 radical (unpaired) electrons. The summed E-state index contributed by atoms with van der Waals surface area (Å²) in [6.45, 7) is 0. The number of methoxy groups -OCH3 is 3. The van der Waals surface area contributed by atoms with E-state index in [1.807, 2.05) is 12.1 Å². The van der Waals surface area contributed by atoms with Crippen LogP contribution in [0.1, 0.15) is 41.6 Å². The van der Waals surface area contributed by atoms with E-state index < -0.39 is 5.41 Å². The first-order chi connectivity index (χ1) is 14.0. The molecular formula is C22H24N2O5. The van der Waals surface area contributed by atoms with Gasteiger partial charge in [0.25, 0.3) is 5.91 Å². The predicted octanol–water partition coefficient (Wildman–Crippen LogP) is 3.73. The van der Waals surface area contributed by atoms with Crippen molar-refractivity contribution in [2.45, 2.75) is 31.1 Å². The molecule has 0 bridgehead atoms. The van der Waals surface area contributed by atoms with Gasteiger partial charge in [-0.05, 0) is 48.7 Å². The van der Waals surface area contributed by atoms with Crippen molar-refractivity contribution in [2.75, 3.05) is 32.0 Å². The van der Waals surface area contributed by atoms with E-state index in [9.17, 15) is 9.59 Å². The van der Waals surface area contributed by atoms with Crippen molar-refractivity contribution in [3.8, 4) is 17.2 Å². The number of carbonyl (C=O) groups excluding carboxylic acids is 2. The number of ether oxygens (including phenoxy) is 3. The summed E-state index contributed by atoms with van der Waals surface area (Å²) in [5.41, 5.74) is 2.38. The summed E-state index contributed by atoms with van der Waals surface area (Å²) in [5.74, 6) is 1.01. The molecule has 0 saturated heterocycles. The third-order valence-electron chi connectivity index (χ3n) is 5.86. The van der Waals surface area contributed by atoms with Crippen LogP contribution in [0, 0.1) is 0 Å². The third kappa shape index (κ3) is 3.06. The van der Waals surface area contributed by atoms with Crippen LogP contribution in [0.25, 0.3) is 0 Å². The summed E-state index contributed by atoms with van der Waals surface area (Å²) in [6.07, 6.45) is 3.76. The first-order valence-electron chi connectivity index (χ1n) is 9.60. The largest absolute Gasteiger partial charge is 0.493 e. The van der Waals surface area contributed by atoms with Crippen molar-refractivity contribution in [1.29, 1.82) is 0 Å². The van der Waals surface area contributed by atoms with E-state index in [1.54, 1.807) is 18.2 Å². The molecule has 1 heterocycles. The summed E-state index contributed by atoms with van der Waals surface area (Å²) in [5, 5.41) is 5.91. The Bertz CT molecular complexity index is 954. The van der Waals surface area contributed by atoms with Crippen molar-refractivity contribution in [3.63, 3.8) is 0 Å². The Morgan fingerprint density at radius 3 is 2.24 bits per heavy atom. The lowest BCUT2D eigenvalue weighted by Crippen LogP contribution is -2.31. The highest BCUT2D eigenvalue weighted by Crippen LogP contribution is 2.49. The summed E-state index contributed by atoms with van der Waals surface area (Å²) in [6, 6.07) is 8.77. The smallest absolute Gasteiger partial charge is 0.255 e. The van der Waals surface area contributed by atoms with E-state index in [4.69, 9.17) is 14.2 Å². The Kier molecular flexibility index (Phi) is 4.82. The fourth-order valence-electron chi connectivity index (χ4n) is 4.38. The second kappa shape index (κ2) is 7.31. The van der Waals surface area contributed by atoms with Crippen molar-refractivity contribution < 1.29 is 23.8 Å². The molecule has 152 valence electrons. The second-order valence-electron chi connectivity index (χ2n) is 7.37. The zero-order chi connectivity index (χ0) is 20.6. The molecule has 2 aromatic carbocycles. The number of amides is 2. The molecule has 2 aliphatic rings. The molecule has 1 aliphatic carbocycles. The molecule has 29 heavy (non-hydrogen) atoms. The average Bonchev–Trinajstić information content (AvgIpc) is 3.33. The standard InChI is InChI=1S/C22H24N2O5/c1-27-17-10-13(11-18(28-2)19(17)29-3)20(25)23-14-6-7-16-15(12-14)22(21(26)24-16)8-4-5-9-22/h6-7,10-12H,4-5,8-9H2,1-3H3,(H,23,25)(H,24,26). The SMILES string of the molecule is COc1cc(C(=O)Nc2ccc3c(c2)C2(CCCC2)C(=O)N3)cc(OC)c1OC. The van der Waals surface area contributed by atoms with Gasteiger partial charge in [0.1, 0.15) is 0 Å². The number of hydrogen-bond acceptors (Lipinski definition) is 5. The van der Waals surface area contributed by atoms with Crippen LogP contribution in [0.2, 0.25) is 0 Å². The van der Waals surface area contributed by atoms with Crippen LogP contribution in [0.3, 0.4) is 0 Å². The summed E-state index contributed by atoms with van der Waals surface area (Å²) in [7, 11) is 4.52. The monoisotopic (exact) mass is 396 g/mol. The minimum atomic E-state index is -0.456. The lowest BCUT2D eigenvalue weighted by molar-refractivity contribution is -0.120. The maximum Gasteiger partial charge on any atom is 0.255 e. The molecule has 4 rings (SSSR count). The lowest BCUT2D eigenvalue weighted by Gasteiger charge is -2.21. The highest BCUT2D eigenvalue weighted by molar-refractivity contribution is 6.08. The molecular weight excluding hydrogens is 372 g/mol. The molecule has 1 aliphatic heterocycles. The summed E-state index contributed by atoms with van der Waals surface area (Å²) < 4.78 is 16.0. The minimum absolute atomic E-state index is 0.0677. The van der Waals surface area contributed by atoms with Gasteiger partial charge in [-0.1, -0.05) is 12.8 Å². The minimum Gasteiger partial charge on any atom is -0.493 e. The fourth-order valence-corrected chi connectivity index (χ4v) is 4.38. The number of hydrogen-bond donors (Lipinski definition) is 2. The van der Waals surface area contributed by atoms with Gasteiger partial charge in [-0.3, -0.25) is 9.59 Å². The topological polar surface area (TPSA) is 85.9 Å². The number of rotatable bonds is 5. The van der Waals surface area contributed by atoms with Gasteiger partial charge in [0.15, 0.2) is 11.5 Å². The highest BCUT2D eigenvalue weighted by atomic mass is 16.5. The number of anilines is 2. The van der Waals surface area contributed by atoms with Gasteiger partial charge < -0.3 is 24.8 Å². The van der Waals surface area contributed by atoms with Crippen molar-refractivity contribution in [2.24, 2.45) is 0 Å². The van der Waals surface area contributed by atoms with Gasteiger partial charge in [0.2, 0.25) is 11.7 Å². The quantitative estimate of drug-likeness (QED) is 0.804. The zero-order valence-corrected chi connectivity index (χ0v) is 16.8. The molecule has 0 aromatic heterocycles. The van der Waals surface area contributed by atoms with Crippen LogP contribution in [0.15, 0.2) is 30.3 Å². The maximum absolute atomic E-state index is 12.9. The Balaban J connectivity index is 1.64. The van der Waals surface area contributed by atoms with Gasteiger partial charge in [-0.25, -0.2) is 0 Å². The Hall–Kier alpha value is -3.22. The number of nitrogens with one attached hydrogen (secondary N) is 2. The zero-order valence-electron chi connectivity index (χ0n) is 16.8. The van der Waals surface area contributed by atoms with Crippen molar-refractivity contribution in [1.82, 2.24) is 0 Å². The number of carbonyl (C=O) groups is 2. The first kappa shape index (κ1) is 19.1. The third-order valence-corrected chi connectivity index (χ3v) is 5.86. The van der Waals surface area contributed by atoms with Crippen LogP contribution in [0.4, 0.5) is 11.4 Å². The van der Waals surface area contributed by atoms with E-state index in [0.29, 0.717) is 28.5 Å². The molecule has 0 unspecified atom stereocenters. The Morgan fingerprint density at radius 1 is 1.00 bits per heavy atom. The van der Waals surface area contributed by atoms with Crippen LogP contribution in [-0.4, -0.2) is 33.1 Å². The summed E-state index contributed by atoms with van der Waals surface area (Å²) >= 11 is 0. The predicted molar refractivity (Wildman–Crippen MR) is 109 cm³/mol. The van der Waals surface area contributed by atoms with Crippen LogP contribution in [0.5, 0.6) is 17.2 Å². The van der Waals surface area contributed by atoms with Gasteiger partial charge >= 0.3 is 0 Å². The van der Waals surface area contributed by atoms with Crippen molar-refractivity contribution >= 4 is 23.2 Å². The molecule has 1 fully saturated rings. The molecule has 7 nitrogen and oxygen atoms in total. The van der Waals surface area contributed by atoms with Crippen LogP contribution < -0.4 is 24.8 Å². The highest BCUT2D eigenvalue weighted by Gasteiger charge is 2.48. The molecule has 1 spiro atoms. The van der Waals surface area contributed by atoms with Gasteiger partial charge in [-0.15, -0.1) is 0 Å². The van der Waals surface area contributed by atoms with Gasteiger partial charge in [0, 0.05) is 16.9 Å². The molecule has 0 atom stereocenters. The van der Waals surface area contributed by atoms with Crippen molar-refractivity contribution in [3.05, 3.63) is 41.5 Å².